The summed E-state index contributed by atoms with van der Waals surface area (Å²) in [5.74, 6) is 0. The molecule has 5 nitrogen and oxygen atoms in total. The lowest BCUT2D eigenvalue weighted by Crippen LogP contribution is -2.44. The molecule has 4 rings (SSSR count). The standard InChI is InChI=1S/C18H21N5/c1-19-14-5-3-9-23(12-14)16-6-8-21-18-17(16)15(11-22-18)13-4-2-7-20-10-13/h2,4,6-8,10-11,14,19H,3,5,9,12H2,1H3,(H,21,22)/t14-/m1/s1. The molecule has 3 aromatic rings. The van der Waals surface area contributed by atoms with Gasteiger partial charge in [0.1, 0.15) is 5.65 Å². The molecule has 1 aliphatic heterocycles. The first-order valence-electron chi connectivity index (χ1n) is 8.15. The highest BCUT2D eigenvalue weighted by Crippen LogP contribution is 2.35. The molecular weight excluding hydrogens is 286 g/mol. The van der Waals surface area contributed by atoms with Crippen LogP contribution in [0.2, 0.25) is 0 Å². The van der Waals surface area contributed by atoms with Gasteiger partial charge < -0.3 is 15.2 Å². The quantitative estimate of drug-likeness (QED) is 0.781. The number of pyridine rings is 2. The van der Waals surface area contributed by atoms with Crippen LogP contribution in [0.1, 0.15) is 12.8 Å². The maximum atomic E-state index is 4.50. The number of fused-ring (bicyclic) bond motifs is 1. The van der Waals surface area contributed by atoms with Crippen molar-refractivity contribution in [1.82, 2.24) is 20.3 Å². The Hall–Kier alpha value is -2.40. The van der Waals surface area contributed by atoms with Gasteiger partial charge >= 0.3 is 0 Å². The first kappa shape index (κ1) is 14.2. The Morgan fingerprint density at radius 3 is 3.09 bits per heavy atom. The van der Waals surface area contributed by atoms with E-state index in [-0.39, 0.29) is 0 Å². The van der Waals surface area contributed by atoms with E-state index in [1.807, 2.05) is 31.7 Å². The number of hydrogen-bond acceptors (Lipinski definition) is 4. The number of rotatable bonds is 3. The minimum Gasteiger partial charge on any atom is -0.369 e. The second-order valence-corrected chi connectivity index (χ2v) is 6.07. The van der Waals surface area contributed by atoms with E-state index in [1.165, 1.54) is 29.5 Å². The molecule has 0 bridgehead atoms. The van der Waals surface area contributed by atoms with E-state index in [0.717, 1.165) is 24.3 Å². The summed E-state index contributed by atoms with van der Waals surface area (Å²) in [6.07, 6.45) is 10.1. The average molecular weight is 307 g/mol. The van der Waals surface area contributed by atoms with Crippen molar-refractivity contribution >= 4 is 16.7 Å². The number of aromatic amines is 1. The monoisotopic (exact) mass is 307 g/mol. The number of piperidine rings is 1. The molecule has 0 aromatic carbocycles. The van der Waals surface area contributed by atoms with Crippen LogP contribution in [0.3, 0.4) is 0 Å². The number of nitrogens with one attached hydrogen (secondary N) is 2. The minimum absolute atomic E-state index is 0.549. The first-order valence-corrected chi connectivity index (χ1v) is 8.15. The van der Waals surface area contributed by atoms with Crippen molar-refractivity contribution in [3.63, 3.8) is 0 Å². The van der Waals surface area contributed by atoms with Crippen LogP contribution in [0.4, 0.5) is 5.69 Å². The molecule has 0 unspecified atom stereocenters. The van der Waals surface area contributed by atoms with Gasteiger partial charge in [-0.1, -0.05) is 6.07 Å². The highest BCUT2D eigenvalue weighted by atomic mass is 15.2. The zero-order chi connectivity index (χ0) is 15.6. The Kier molecular flexibility index (Phi) is 3.71. The third-order valence-corrected chi connectivity index (χ3v) is 4.69. The number of aromatic nitrogens is 3. The second kappa shape index (κ2) is 6.01. The summed E-state index contributed by atoms with van der Waals surface area (Å²) in [6.45, 7) is 2.13. The molecule has 0 amide bonds. The fraction of sp³-hybridized carbons (Fsp3) is 0.333. The molecule has 1 saturated heterocycles. The number of nitrogens with zero attached hydrogens (tertiary/aromatic N) is 3. The maximum Gasteiger partial charge on any atom is 0.139 e. The number of H-pyrrole nitrogens is 1. The number of hydrogen-bond donors (Lipinski definition) is 2. The summed E-state index contributed by atoms with van der Waals surface area (Å²) in [6, 6.07) is 6.75. The van der Waals surface area contributed by atoms with Crippen LogP contribution in [0, 0.1) is 0 Å². The van der Waals surface area contributed by atoms with Gasteiger partial charge in [-0.3, -0.25) is 4.98 Å². The van der Waals surface area contributed by atoms with Crippen LogP contribution in [0.5, 0.6) is 0 Å². The van der Waals surface area contributed by atoms with Gasteiger partial charge in [-0.2, -0.15) is 0 Å². The molecule has 1 aliphatic rings. The Balaban J connectivity index is 1.82. The zero-order valence-corrected chi connectivity index (χ0v) is 13.3. The molecule has 1 fully saturated rings. The largest absolute Gasteiger partial charge is 0.369 e. The summed E-state index contributed by atoms with van der Waals surface area (Å²) in [5.41, 5.74) is 4.49. The molecule has 4 heterocycles. The van der Waals surface area contributed by atoms with Crippen molar-refractivity contribution in [2.45, 2.75) is 18.9 Å². The SMILES string of the molecule is CN[C@@H]1CCCN(c2ccnc3[nH]cc(-c4cccnc4)c23)C1. The van der Waals surface area contributed by atoms with Crippen molar-refractivity contribution in [3.05, 3.63) is 43.0 Å². The van der Waals surface area contributed by atoms with E-state index in [9.17, 15) is 0 Å². The predicted octanol–water partition coefficient (Wildman–Crippen LogP) is 2.81. The van der Waals surface area contributed by atoms with Gasteiger partial charge in [0, 0.05) is 66.1 Å². The molecule has 0 spiro atoms. The van der Waals surface area contributed by atoms with Crippen molar-refractivity contribution < 1.29 is 0 Å². The van der Waals surface area contributed by atoms with E-state index in [1.54, 1.807) is 6.20 Å². The highest BCUT2D eigenvalue weighted by Gasteiger charge is 2.22. The third-order valence-electron chi connectivity index (χ3n) is 4.69. The smallest absolute Gasteiger partial charge is 0.139 e. The van der Waals surface area contributed by atoms with E-state index in [0.29, 0.717) is 6.04 Å². The average Bonchev–Trinajstić information content (AvgIpc) is 3.06. The summed E-state index contributed by atoms with van der Waals surface area (Å²) < 4.78 is 0. The maximum absolute atomic E-state index is 4.50. The Bertz CT molecular complexity index is 796. The van der Waals surface area contributed by atoms with E-state index < -0.39 is 0 Å². The fourth-order valence-corrected chi connectivity index (χ4v) is 3.48. The van der Waals surface area contributed by atoms with E-state index in [2.05, 4.69) is 37.3 Å². The van der Waals surface area contributed by atoms with Gasteiger partial charge in [0.05, 0.1) is 0 Å². The van der Waals surface area contributed by atoms with Crippen molar-refractivity contribution in [3.8, 4) is 11.1 Å². The molecule has 1 atom stereocenters. The Morgan fingerprint density at radius 1 is 1.30 bits per heavy atom. The Labute approximate surface area is 135 Å². The molecule has 3 aromatic heterocycles. The topological polar surface area (TPSA) is 56.8 Å². The van der Waals surface area contributed by atoms with Crippen molar-refractivity contribution in [2.24, 2.45) is 0 Å². The van der Waals surface area contributed by atoms with E-state index >= 15 is 0 Å². The Morgan fingerprint density at radius 2 is 2.26 bits per heavy atom. The van der Waals surface area contributed by atoms with Crippen LogP contribution >= 0.6 is 0 Å². The van der Waals surface area contributed by atoms with E-state index in [4.69, 9.17) is 0 Å². The summed E-state index contributed by atoms with van der Waals surface area (Å²) in [5, 5.41) is 4.61. The zero-order valence-electron chi connectivity index (χ0n) is 13.3. The molecule has 118 valence electrons. The fourth-order valence-electron chi connectivity index (χ4n) is 3.48. The van der Waals surface area contributed by atoms with Crippen molar-refractivity contribution in [2.75, 3.05) is 25.0 Å². The van der Waals surface area contributed by atoms with Crippen molar-refractivity contribution in [1.29, 1.82) is 0 Å². The highest BCUT2D eigenvalue weighted by molar-refractivity contribution is 6.02. The molecule has 0 aliphatic carbocycles. The lowest BCUT2D eigenvalue weighted by atomic mass is 10.0. The molecule has 0 radical (unpaired) electrons. The molecular formula is C18H21N5. The molecule has 23 heavy (non-hydrogen) atoms. The number of anilines is 1. The van der Waals surface area contributed by atoms with Crippen LogP contribution in [-0.2, 0) is 0 Å². The lowest BCUT2D eigenvalue weighted by molar-refractivity contribution is 0.450. The number of likely N-dealkylation sites (N-methyl/N-ethyl adjacent to an activating group) is 1. The normalized spacial score (nSPS) is 18.5. The summed E-state index contributed by atoms with van der Waals surface area (Å²) in [7, 11) is 2.05. The lowest BCUT2D eigenvalue weighted by Gasteiger charge is -2.34. The molecule has 5 heteroatoms. The third kappa shape index (κ3) is 2.57. The van der Waals surface area contributed by atoms with Crippen LogP contribution in [-0.4, -0.2) is 41.1 Å². The summed E-state index contributed by atoms with van der Waals surface area (Å²) in [4.78, 5) is 14.5. The first-order chi connectivity index (χ1) is 11.4. The summed E-state index contributed by atoms with van der Waals surface area (Å²) >= 11 is 0. The van der Waals surface area contributed by atoms with Gasteiger partial charge in [-0.25, -0.2) is 4.98 Å². The molecule has 2 N–H and O–H groups in total. The van der Waals surface area contributed by atoms with Gasteiger partial charge in [0.2, 0.25) is 0 Å². The van der Waals surface area contributed by atoms with Gasteiger partial charge in [0.25, 0.3) is 0 Å². The van der Waals surface area contributed by atoms with Crippen LogP contribution in [0.15, 0.2) is 43.0 Å². The van der Waals surface area contributed by atoms with Gasteiger partial charge in [-0.15, -0.1) is 0 Å². The minimum atomic E-state index is 0.549. The van der Waals surface area contributed by atoms with Gasteiger partial charge in [-0.05, 0) is 32.0 Å². The predicted molar refractivity (Wildman–Crippen MR) is 93.6 cm³/mol. The van der Waals surface area contributed by atoms with Crippen LogP contribution in [0.25, 0.3) is 22.2 Å². The molecule has 0 saturated carbocycles. The second-order valence-electron chi connectivity index (χ2n) is 6.07. The van der Waals surface area contributed by atoms with Gasteiger partial charge in [0.15, 0.2) is 0 Å². The van der Waals surface area contributed by atoms with Crippen LogP contribution < -0.4 is 10.2 Å².